The monoisotopic (exact) mass is 289 g/mol. The Labute approximate surface area is 131 Å². The fourth-order valence-corrected chi connectivity index (χ4v) is 2.54. The minimum Gasteiger partial charge on any atom is -0.496 e. The Bertz CT molecular complexity index is 804. The second-order valence-corrected chi connectivity index (χ2v) is 5.18. The van der Waals surface area contributed by atoms with Crippen molar-refractivity contribution in [2.45, 2.75) is 13.3 Å². The van der Waals surface area contributed by atoms with Crippen LogP contribution in [0.2, 0.25) is 0 Å². The first-order valence-electron chi connectivity index (χ1n) is 7.50. The Kier molecular flexibility index (Phi) is 4.19. The SMILES string of the molecule is CCc1ccc(N=Cc2c(OC)ccc3ccccc23)cc1. The van der Waals surface area contributed by atoms with Crippen molar-refractivity contribution in [1.82, 2.24) is 0 Å². The molecule has 3 aromatic rings. The lowest BCUT2D eigenvalue weighted by molar-refractivity contribution is 0.415. The Morgan fingerprint density at radius 2 is 1.73 bits per heavy atom. The van der Waals surface area contributed by atoms with E-state index in [0.29, 0.717) is 0 Å². The second-order valence-electron chi connectivity index (χ2n) is 5.18. The molecule has 0 atom stereocenters. The topological polar surface area (TPSA) is 21.6 Å². The first-order valence-corrected chi connectivity index (χ1v) is 7.50. The molecule has 0 bridgehead atoms. The van der Waals surface area contributed by atoms with Gasteiger partial charge in [-0.1, -0.05) is 49.4 Å². The zero-order valence-electron chi connectivity index (χ0n) is 12.9. The van der Waals surface area contributed by atoms with Gasteiger partial charge in [-0.2, -0.15) is 0 Å². The molecule has 0 heterocycles. The van der Waals surface area contributed by atoms with Crippen LogP contribution in [0, 0.1) is 0 Å². The molecule has 0 aliphatic carbocycles. The second kappa shape index (κ2) is 6.44. The van der Waals surface area contributed by atoms with Crippen molar-refractivity contribution in [3.8, 4) is 5.75 Å². The van der Waals surface area contributed by atoms with Gasteiger partial charge in [-0.3, -0.25) is 4.99 Å². The molecule has 0 aliphatic heterocycles. The first kappa shape index (κ1) is 14.3. The van der Waals surface area contributed by atoms with E-state index in [4.69, 9.17) is 4.74 Å². The van der Waals surface area contributed by atoms with E-state index in [1.165, 1.54) is 10.9 Å². The van der Waals surface area contributed by atoms with Crippen molar-refractivity contribution in [2.24, 2.45) is 4.99 Å². The number of methoxy groups -OCH3 is 1. The maximum absolute atomic E-state index is 5.49. The molecule has 0 aliphatic rings. The summed E-state index contributed by atoms with van der Waals surface area (Å²) in [5.74, 6) is 0.840. The number of aliphatic imine (C=N–C) groups is 1. The lowest BCUT2D eigenvalue weighted by Gasteiger charge is -2.08. The van der Waals surface area contributed by atoms with Gasteiger partial charge in [-0.15, -0.1) is 0 Å². The summed E-state index contributed by atoms with van der Waals surface area (Å²) in [7, 11) is 1.69. The van der Waals surface area contributed by atoms with Gasteiger partial charge in [-0.05, 0) is 41.0 Å². The number of fused-ring (bicyclic) bond motifs is 1. The van der Waals surface area contributed by atoms with Crippen molar-refractivity contribution >= 4 is 22.7 Å². The summed E-state index contributed by atoms with van der Waals surface area (Å²) < 4.78 is 5.49. The van der Waals surface area contributed by atoms with Crippen molar-refractivity contribution in [3.63, 3.8) is 0 Å². The average Bonchev–Trinajstić information content (AvgIpc) is 2.60. The summed E-state index contributed by atoms with van der Waals surface area (Å²) in [6, 6.07) is 20.7. The van der Waals surface area contributed by atoms with Crippen molar-refractivity contribution < 1.29 is 4.74 Å². The van der Waals surface area contributed by atoms with Crippen LogP contribution in [0.3, 0.4) is 0 Å². The third-order valence-corrected chi connectivity index (χ3v) is 3.84. The van der Waals surface area contributed by atoms with E-state index in [-0.39, 0.29) is 0 Å². The van der Waals surface area contributed by atoms with Crippen LogP contribution >= 0.6 is 0 Å². The van der Waals surface area contributed by atoms with Crippen LogP contribution < -0.4 is 4.74 Å². The zero-order chi connectivity index (χ0) is 15.4. The minimum atomic E-state index is 0.840. The zero-order valence-corrected chi connectivity index (χ0v) is 12.9. The van der Waals surface area contributed by atoms with Crippen LogP contribution in [-0.4, -0.2) is 13.3 Å². The molecular weight excluding hydrogens is 270 g/mol. The van der Waals surface area contributed by atoms with Crippen LogP contribution in [0.4, 0.5) is 5.69 Å². The molecule has 0 unspecified atom stereocenters. The molecule has 0 fully saturated rings. The largest absolute Gasteiger partial charge is 0.496 e. The van der Waals surface area contributed by atoms with Crippen molar-refractivity contribution in [2.75, 3.05) is 7.11 Å². The maximum Gasteiger partial charge on any atom is 0.128 e. The van der Waals surface area contributed by atoms with E-state index in [0.717, 1.165) is 28.8 Å². The van der Waals surface area contributed by atoms with Crippen LogP contribution in [-0.2, 0) is 6.42 Å². The Morgan fingerprint density at radius 1 is 0.955 bits per heavy atom. The van der Waals surface area contributed by atoms with E-state index in [2.05, 4.69) is 42.2 Å². The molecule has 0 N–H and O–H groups in total. The Hall–Kier alpha value is -2.61. The summed E-state index contributed by atoms with van der Waals surface area (Å²) in [5.41, 5.74) is 3.29. The number of hydrogen-bond donors (Lipinski definition) is 0. The van der Waals surface area contributed by atoms with E-state index < -0.39 is 0 Å². The lowest BCUT2D eigenvalue weighted by Crippen LogP contribution is -1.92. The highest BCUT2D eigenvalue weighted by Gasteiger charge is 2.05. The Morgan fingerprint density at radius 3 is 2.45 bits per heavy atom. The molecule has 3 aromatic carbocycles. The smallest absolute Gasteiger partial charge is 0.128 e. The summed E-state index contributed by atoms with van der Waals surface area (Å²) in [5, 5.41) is 2.34. The van der Waals surface area contributed by atoms with Gasteiger partial charge < -0.3 is 4.74 Å². The van der Waals surface area contributed by atoms with Gasteiger partial charge in [-0.25, -0.2) is 0 Å². The van der Waals surface area contributed by atoms with Gasteiger partial charge in [0, 0.05) is 11.8 Å². The van der Waals surface area contributed by atoms with Gasteiger partial charge in [0.25, 0.3) is 0 Å². The van der Waals surface area contributed by atoms with Gasteiger partial charge in [0.2, 0.25) is 0 Å². The highest BCUT2D eigenvalue weighted by atomic mass is 16.5. The van der Waals surface area contributed by atoms with E-state index in [1.54, 1.807) is 7.11 Å². The predicted octanol–water partition coefficient (Wildman–Crippen LogP) is 5.16. The molecule has 2 heteroatoms. The molecule has 0 aromatic heterocycles. The quantitative estimate of drug-likeness (QED) is 0.608. The summed E-state index contributed by atoms with van der Waals surface area (Å²) >= 11 is 0. The van der Waals surface area contributed by atoms with Crippen LogP contribution in [0.5, 0.6) is 5.75 Å². The van der Waals surface area contributed by atoms with Gasteiger partial charge in [0.05, 0.1) is 12.8 Å². The third-order valence-electron chi connectivity index (χ3n) is 3.84. The standard InChI is InChI=1S/C20H19NO/c1-3-15-8-11-17(12-9-15)21-14-19-18-7-5-4-6-16(18)10-13-20(19)22-2/h4-14H,3H2,1-2H3. The number of ether oxygens (including phenoxy) is 1. The summed E-state index contributed by atoms with van der Waals surface area (Å²) in [6.07, 6.45) is 2.93. The van der Waals surface area contributed by atoms with Crippen LogP contribution in [0.1, 0.15) is 18.1 Å². The third kappa shape index (κ3) is 2.86. The molecule has 2 nitrogen and oxygen atoms in total. The molecular formula is C20H19NO. The highest BCUT2D eigenvalue weighted by molar-refractivity contribution is 6.03. The molecule has 0 amide bonds. The minimum absolute atomic E-state index is 0.840. The number of benzene rings is 3. The molecule has 0 saturated carbocycles. The van der Waals surface area contributed by atoms with Crippen molar-refractivity contribution in [3.05, 3.63) is 71.8 Å². The van der Waals surface area contributed by atoms with Crippen LogP contribution in [0.25, 0.3) is 10.8 Å². The number of hydrogen-bond acceptors (Lipinski definition) is 2. The van der Waals surface area contributed by atoms with Gasteiger partial charge in [0.1, 0.15) is 5.75 Å². The molecule has 22 heavy (non-hydrogen) atoms. The summed E-state index contributed by atoms with van der Waals surface area (Å²) in [6.45, 7) is 2.15. The van der Waals surface area contributed by atoms with E-state index >= 15 is 0 Å². The fraction of sp³-hybridized carbons (Fsp3) is 0.150. The normalized spacial score (nSPS) is 11.2. The molecule has 0 spiro atoms. The molecule has 3 rings (SSSR count). The van der Waals surface area contributed by atoms with Gasteiger partial charge >= 0.3 is 0 Å². The maximum atomic E-state index is 5.49. The molecule has 0 radical (unpaired) electrons. The molecule has 110 valence electrons. The Balaban J connectivity index is 2.02. The predicted molar refractivity (Wildman–Crippen MR) is 93.6 cm³/mol. The average molecular weight is 289 g/mol. The number of nitrogens with zero attached hydrogens (tertiary/aromatic N) is 1. The van der Waals surface area contributed by atoms with Crippen molar-refractivity contribution in [1.29, 1.82) is 0 Å². The van der Waals surface area contributed by atoms with E-state index in [9.17, 15) is 0 Å². The van der Waals surface area contributed by atoms with E-state index in [1.807, 2.05) is 36.5 Å². The lowest BCUT2D eigenvalue weighted by atomic mass is 10.0. The van der Waals surface area contributed by atoms with Gasteiger partial charge in [0.15, 0.2) is 0 Å². The first-order chi connectivity index (χ1) is 10.8. The molecule has 0 saturated heterocycles. The van der Waals surface area contributed by atoms with Crippen LogP contribution in [0.15, 0.2) is 65.7 Å². The summed E-state index contributed by atoms with van der Waals surface area (Å²) in [4.78, 5) is 4.61. The fourth-order valence-electron chi connectivity index (χ4n) is 2.54. The number of rotatable bonds is 4. The number of aryl methyl sites for hydroxylation is 1. The highest BCUT2D eigenvalue weighted by Crippen LogP contribution is 2.27.